The number of benzene rings is 1. The Hall–Kier alpha value is -2.44. The lowest BCUT2D eigenvalue weighted by molar-refractivity contribution is -0.384. The number of carbonyl (C=O) groups excluding carboxylic acids is 1. The molecule has 0 aliphatic rings. The second kappa shape index (κ2) is 6.33. The van der Waals surface area contributed by atoms with Crippen molar-refractivity contribution in [3.05, 3.63) is 39.9 Å². The topological polar surface area (TPSA) is 102 Å². The molecule has 0 heterocycles. The van der Waals surface area contributed by atoms with Crippen LogP contribution in [0.4, 0.5) is 5.69 Å². The third kappa shape index (κ3) is 3.55. The van der Waals surface area contributed by atoms with Crippen LogP contribution in [0.2, 0.25) is 0 Å². The molecular formula is C11H12N2O5. The zero-order valence-corrected chi connectivity index (χ0v) is 9.70. The van der Waals surface area contributed by atoms with Gasteiger partial charge in [-0.1, -0.05) is 17.3 Å². The fourth-order valence-electron chi connectivity index (χ4n) is 1.36. The van der Waals surface area contributed by atoms with Crippen molar-refractivity contribution >= 4 is 17.4 Å². The Morgan fingerprint density at radius 3 is 2.50 bits per heavy atom. The molecule has 7 nitrogen and oxygen atoms in total. The molecule has 0 aliphatic carbocycles. The molecule has 0 fully saturated rings. The maximum Gasteiger partial charge on any atom is 0.355 e. The van der Waals surface area contributed by atoms with Gasteiger partial charge in [-0.2, -0.15) is 0 Å². The standard InChI is InChI=1S/C11H12N2O5/c1-18-11(14)10(12-15)7-4-8-2-5-9(6-3-8)13(16)17/h2-3,5-6,15H,4,7H2,1H3. The highest BCUT2D eigenvalue weighted by Crippen LogP contribution is 2.13. The lowest BCUT2D eigenvalue weighted by Gasteiger charge is -2.02. The number of hydrogen-bond acceptors (Lipinski definition) is 6. The number of nitrogens with zero attached hydrogens (tertiary/aromatic N) is 2. The van der Waals surface area contributed by atoms with Gasteiger partial charge in [0.1, 0.15) is 0 Å². The fourth-order valence-corrected chi connectivity index (χ4v) is 1.36. The van der Waals surface area contributed by atoms with Crippen LogP contribution in [-0.2, 0) is 16.0 Å². The van der Waals surface area contributed by atoms with Gasteiger partial charge in [0.2, 0.25) is 0 Å². The van der Waals surface area contributed by atoms with E-state index in [1.54, 1.807) is 12.1 Å². The van der Waals surface area contributed by atoms with E-state index in [2.05, 4.69) is 9.89 Å². The predicted molar refractivity (Wildman–Crippen MR) is 62.7 cm³/mol. The zero-order valence-electron chi connectivity index (χ0n) is 9.70. The molecule has 0 saturated heterocycles. The molecule has 0 bridgehead atoms. The third-order valence-electron chi connectivity index (χ3n) is 2.34. The molecule has 7 heteroatoms. The summed E-state index contributed by atoms with van der Waals surface area (Å²) in [6.45, 7) is 0. The second-order valence-corrected chi connectivity index (χ2v) is 3.46. The number of oxime groups is 1. The summed E-state index contributed by atoms with van der Waals surface area (Å²) < 4.78 is 4.42. The smallest absolute Gasteiger partial charge is 0.355 e. The van der Waals surface area contributed by atoms with Crippen LogP contribution >= 0.6 is 0 Å². The quantitative estimate of drug-likeness (QED) is 0.281. The number of ether oxygens (including phenoxy) is 1. The van der Waals surface area contributed by atoms with Crippen molar-refractivity contribution in [1.29, 1.82) is 0 Å². The highest BCUT2D eigenvalue weighted by Gasteiger charge is 2.12. The minimum absolute atomic E-state index is 0.00256. The third-order valence-corrected chi connectivity index (χ3v) is 2.34. The molecule has 1 aromatic carbocycles. The van der Waals surface area contributed by atoms with Crippen LogP contribution in [0.25, 0.3) is 0 Å². The molecule has 0 spiro atoms. The van der Waals surface area contributed by atoms with Crippen molar-refractivity contribution in [2.24, 2.45) is 5.16 Å². The Bertz CT molecular complexity index is 467. The van der Waals surface area contributed by atoms with Gasteiger partial charge in [-0.3, -0.25) is 10.1 Å². The Balaban J connectivity index is 2.63. The zero-order chi connectivity index (χ0) is 13.5. The Morgan fingerprint density at radius 1 is 1.44 bits per heavy atom. The van der Waals surface area contributed by atoms with E-state index in [0.29, 0.717) is 6.42 Å². The molecule has 0 atom stereocenters. The van der Waals surface area contributed by atoms with Crippen LogP contribution in [0, 0.1) is 10.1 Å². The normalized spacial score (nSPS) is 11.1. The molecule has 0 amide bonds. The number of nitro benzene ring substituents is 1. The van der Waals surface area contributed by atoms with E-state index in [0.717, 1.165) is 5.56 Å². The summed E-state index contributed by atoms with van der Waals surface area (Å²) in [5, 5.41) is 21.9. The maximum absolute atomic E-state index is 11.1. The average Bonchev–Trinajstić information content (AvgIpc) is 2.39. The first kappa shape index (κ1) is 13.6. The molecule has 0 saturated carbocycles. The summed E-state index contributed by atoms with van der Waals surface area (Å²) in [4.78, 5) is 21.1. The molecule has 96 valence electrons. The molecule has 0 unspecified atom stereocenters. The van der Waals surface area contributed by atoms with E-state index in [1.165, 1.54) is 19.2 Å². The van der Waals surface area contributed by atoms with Gasteiger partial charge in [0.05, 0.1) is 12.0 Å². The van der Waals surface area contributed by atoms with Gasteiger partial charge in [0.25, 0.3) is 5.69 Å². The molecule has 1 aromatic rings. The molecular weight excluding hydrogens is 240 g/mol. The summed E-state index contributed by atoms with van der Waals surface area (Å²) in [6, 6.07) is 5.93. The second-order valence-electron chi connectivity index (χ2n) is 3.46. The monoisotopic (exact) mass is 252 g/mol. The van der Waals surface area contributed by atoms with E-state index >= 15 is 0 Å². The van der Waals surface area contributed by atoms with Crippen molar-refractivity contribution < 1.29 is 19.7 Å². The van der Waals surface area contributed by atoms with Crippen LogP contribution in [0.15, 0.2) is 29.4 Å². The van der Waals surface area contributed by atoms with Crippen molar-refractivity contribution in [2.45, 2.75) is 12.8 Å². The van der Waals surface area contributed by atoms with Gasteiger partial charge in [-0.25, -0.2) is 4.79 Å². The summed E-state index contributed by atoms with van der Waals surface area (Å²) in [7, 11) is 1.19. The van der Waals surface area contributed by atoms with Crippen LogP contribution in [0.1, 0.15) is 12.0 Å². The number of esters is 1. The molecule has 18 heavy (non-hydrogen) atoms. The summed E-state index contributed by atoms with van der Waals surface area (Å²) >= 11 is 0. The van der Waals surface area contributed by atoms with Crippen LogP contribution < -0.4 is 0 Å². The predicted octanol–water partition coefficient (Wildman–Crippen LogP) is 1.53. The number of rotatable bonds is 5. The van der Waals surface area contributed by atoms with Gasteiger partial charge in [0, 0.05) is 18.6 Å². The minimum Gasteiger partial charge on any atom is -0.464 e. The van der Waals surface area contributed by atoms with Gasteiger partial charge in [0.15, 0.2) is 5.71 Å². The lowest BCUT2D eigenvalue weighted by Crippen LogP contribution is -2.16. The number of hydrogen-bond donors (Lipinski definition) is 1. The Morgan fingerprint density at radius 2 is 2.06 bits per heavy atom. The van der Waals surface area contributed by atoms with E-state index in [1.807, 2.05) is 0 Å². The largest absolute Gasteiger partial charge is 0.464 e. The molecule has 1 rings (SSSR count). The number of methoxy groups -OCH3 is 1. The summed E-state index contributed by atoms with van der Waals surface area (Å²) in [5.41, 5.74) is 0.712. The van der Waals surface area contributed by atoms with Crippen molar-refractivity contribution in [2.75, 3.05) is 7.11 Å². The van der Waals surface area contributed by atoms with Gasteiger partial charge < -0.3 is 9.94 Å². The van der Waals surface area contributed by atoms with Gasteiger partial charge in [-0.15, -0.1) is 0 Å². The molecule has 0 aliphatic heterocycles. The lowest BCUT2D eigenvalue weighted by atomic mass is 10.1. The highest BCUT2D eigenvalue weighted by molar-refractivity contribution is 6.36. The number of aryl methyl sites for hydroxylation is 1. The maximum atomic E-state index is 11.1. The average molecular weight is 252 g/mol. The van der Waals surface area contributed by atoms with Crippen LogP contribution in [0.3, 0.4) is 0 Å². The Kier molecular flexibility index (Phi) is 4.79. The van der Waals surface area contributed by atoms with E-state index in [4.69, 9.17) is 5.21 Å². The SMILES string of the molecule is COC(=O)C(CCc1ccc([N+](=O)[O-])cc1)=NO. The number of non-ortho nitro benzene ring substituents is 1. The summed E-state index contributed by atoms with van der Waals surface area (Å²) in [5.74, 6) is -0.695. The van der Waals surface area contributed by atoms with Crippen LogP contribution in [0.5, 0.6) is 0 Å². The van der Waals surface area contributed by atoms with E-state index in [-0.39, 0.29) is 17.8 Å². The van der Waals surface area contributed by atoms with Crippen molar-refractivity contribution in [3.8, 4) is 0 Å². The highest BCUT2D eigenvalue weighted by atomic mass is 16.6. The van der Waals surface area contributed by atoms with Gasteiger partial charge >= 0.3 is 5.97 Å². The Labute approximate surface area is 103 Å². The summed E-state index contributed by atoms with van der Waals surface area (Å²) in [6.07, 6.45) is 0.619. The van der Waals surface area contributed by atoms with Crippen LogP contribution in [-0.4, -0.2) is 28.9 Å². The molecule has 1 N–H and O–H groups in total. The number of carbonyl (C=O) groups is 1. The molecule has 0 aromatic heterocycles. The van der Waals surface area contributed by atoms with E-state index in [9.17, 15) is 14.9 Å². The van der Waals surface area contributed by atoms with E-state index < -0.39 is 10.9 Å². The van der Waals surface area contributed by atoms with Gasteiger partial charge in [-0.05, 0) is 12.0 Å². The van der Waals surface area contributed by atoms with Crippen molar-refractivity contribution in [1.82, 2.24) is 0 Å². The number of nitro groups is 1. The minimum atomic E-state index is -0.695. The molecule has 0 radical (unpaired) electrons. The fraction of sp³-hybridized carbons (Fsp3) is 0.273. The van der Waals surface area contributed by atoms with Crippen molar-refractivity contribution in [3.63, 3.8) is 0 Å². The first-order valence-corrected chi connectivity index (χ1v) is 5.11. The first-order chi connectivity index (χ1) is 8.58. The first-order valence-electron chi connectivity index (χ1n) is 5.11.